The van der Waals surface area contributed by atoms with Crippen LogP contribution in [0.15, 0.2) is 0 Å². The van der Waals surface area contributed by atoms with E-state index in [0.717, 1.165) is 0 Å². The van der Waals surface area contributed by atoms with Crippen molar-refractivity contribution in [3.8, 4) is 0 Å². The number of hydrogen-bond acceptors (Lipinski definition) is 2. The van der Waals surface area contributed by atoms with Crippen molar-refractivity contribution >= 4 is 10.5 Å². The lowest BCUT2D eigenvalue weighted by molar-refractivity contribution is -0.639. The van der Waals surface area contributed by atoms with Crippen molar-refractivity contribution in [2.45, 2.75) is 5.51 Å². The summed E-state index contributed by atoms with van der Waals surface area (Å²) in [4.78, 5) is 0. The molecule has 0 aromatic rings. The lowest BCUT2D eigenvalue weighted by atomic mass is 11.6. The quantitative estimate of drug-likeness (QED) is 0.418. The fraction of sp³-hybridized carbons (Fsp3) is 1.00. The van der Waals surface area contributed by atoms with Crippen molar-refractivity contribution in [3.63, 3.8) is 0 Å². The first-order valence-corrected chi connectivity index (χ1v) is 2.97. The largest absolute Gasteiger partial charge is 0.651 e. The second-order valence-electron chi connectivity index (χ2n) is 1.02. The number of alkyl halides is 3. The molecule has 0 aliphatic rings. The summed E-state index contributed by atoms with van der Waals surface area (Å²) >= 11 is 0. The third-order valence-electron chi connectivity index (χ3n) is 0.439. The van der Waals surface area contributed by atoms with Gasteiger partial charge in [0.1, 0.15) is 0 Å². The van der Waals surface area contributed by atoms with E-state index >= 15 is 0 Å². The van der Waals surface area contributed by atoms with E-state index in [9.17, 15) is 21.9 Å². The minimum absolute atomic E-state index is 2.12. The Morgan fingerprint density at radius 2 is 1.78 bits per heavy atom. The number of rotatable bonds is 1. The first-order chi connectivity index (χ1) is 3.81. The lowest BCUT2D eigenvalue weighted by Crippen LogP contribution is -2.56. The molecule has 1 unspecified atom stereocenters. The standard InChI is InChI=1S/CH3F3NO3S/c2-1(3,4)9(6,7)8-5/h5H3/q+2. The van der Waals surface area contributed by atoms with Crippen molar-refractivity contribution < 1.29 is 32.1 Å². The van der Waals surface area contributed by atoms with E-state index in [2.05, 4.69) is 10.2 Å². The Balaban J connectivity index is 4.35. The van der Waals surface area contributed by atoms with Crippen LogP contribution in [0.5, 0.6) is 0 Å². The second-order valence-corrected chi connectivity index (χ2v) is 2.62. The highest BCUT2D eigenvalue weighted by Crippen LogP contribution is 2.27. The van der Waals surface area contributed by atoms with Gasteiger partial charge in [0.15, 0.2) is 0 Å². The number of halogens is 3. The monoisotopic (exact) mass is 166 g/mol. The van der Waals surface area contributed by atoms with E-state index in [1.54, 1.807) is 0 Å². The van der Waals surface area contributed by atoms with E-state index in [1.807, 2.05) is 0 Å². The van der Waals surface area contributed by atoms with Crippen LogP contribution in [0.4, 0.5) is 13.2 Å². The molecule has 1 radical (unpaired) electrons. The molecule has 0 bridgehead atoms. The molecule has 0 saturated heterocycles. The smallest absolute Gasteiger partial charge is 0.158 e. The molecule has 0 aromatic carbocycles. The molecule has 55 valence electrons. The zero-order valence-corrected chi connectivity index (χ0v) is 4.79. The number of quaternary nitrogens is 1. The van der Waals surface area contributed by atoms with Crippen LogP contribution in [0.2, 0.25) is 0 Å². The minimum atomic E-state index is -5.45. The average Bonchev–Trinajstić information content (AvgIpc) is 1.64. The summed E-state index contributed by atoms with van der Waals surface area (Å²) in [5.74, 6) is 2.12. The van der Waals surface area contributed by atoms with Gasteiger partial charge in [0.25, 0.3) is 0 Å². The van der Waals surface area contributed by atoms with Gasteiger partial charge in [0.2, 0.25) is 0 Å². The Morgan fingerprint density at radius 3 is 1.78 bits per heavy atom. The van der Waals surface area contributed by atoms with Crippen LogP contribution in [-0.2, 0) is 23.5 Å². The van der Waals surface area contributed by atoms with Crippen molar-refractivity contribution in [1.82, 2.24) is 0 Å². The Morgan fingerprint density at radius 1 is 1.44 bits per heavy atom. The molecule has 0 aliphatic heterocycles. The van der Waals surface area contributed by atoms with Crippen LogP contribution in [0, 0.1) is 0 Å². The summed E-state index contributed by atoms with van der Waals surface area (Å²) in [5.41, 5.74) is -5.37. The van der Waals surface area contributed by atoms with E-state index in [1.165, 1.54) is 0 Å². The molecule has 1 atom stereocenters. The lowest BCUT2D eigenvalue weighted by Gasteiger charge is -1.94. The van der Waals surface area contributed by atoms with Gasteiger partial charge in [-0.3, -0.25) is 0 Å². The maximum absolute atomic E-state index is 11.1. The molecule has 0 fully saturated rings. The molecule has 0 rings (SSSR count). The number of hydrogen-bond donors (Lipinski definition) is 1. The van der Waals surface area contributed by atoms with Gasteiger partial charge in [-0.1, -0.05) is 0 Å². The Hall–Kier alpha value is -0.180. The van der Waals surface area contributed by atoms with Gasteiger partial charge in [-0.2, -0.15) is 5.90 Å². The molecule has 0 amide bonds. The fourth-order valence-electron chi connectivity index (χ4n) is 0.0668. The summed E-state index contributed by atoms with van der Waals surface area (Å²) in [6, 6.07) is 0. The molecule has 4 nitrogen and oxygen atoms in total. The molecule has 0 aliphatic carbocycles. The van der Waals surface area contributed by atoms with Gasteiger partial charge in [-0.05, 0) is 4.21 Å². The Labute approximate surface area is 49.2 Å². The molecular weight excluding hydrogens is 163 g/mol. The maximum atomic E-state index is 11.1. The molecular formula is CH3F3NO3S+2. The Kier molecular flexibility index (Phi) is 2.17. The predicted molar refractivity (Wildman–Crippen MR) is 18.8 cm³/mol. The summed E-state index contributed by atoms with van der Waals surface area (Å²) < 4.78 is 55.4. The second kappa shape index (κ2) is 2.21. The van der Waals surface area contributed by atoms with Gasteiger partial charge < -0.3 is 0 Å². The van der Waals surface area contributed by atoms with E-state index < -0.39 is 16.0 Å². The van der Waals surface area contributed by atoms with E-state index in [0.29, 0.717) is 0 Å². The average molecular weight is 166 g/mol. The zero-order valence-electron chi connectivity index (χ0n) is 3.97. The first kappa shape index (κ1) is 8.82. The molecule has 3 N–H and O–H groups in total. The van der Waals surface area contributed by atoms with Crippen LogP contribution >= 0.6 is 0 Å². The van der Waals surface area contributed by atoms with Crippen LogP contribution < -0.4 is 5.90 Å². The van der Waals surface area contributed by atoms with Gasteiger partial charge in [0.05, 0.1) is 8.84 Å². The van der Waals surface area contributed by atoms with Crippen LogP contribution in [0.1, 0.15) is 0 Å². The topological polar surface area (TPSA) is 73.8 Å². The molecule has 8 heteroatoms. The molecule has 9 heavy (non-hydrogen) atoms. The van der Waals surface area contributed by atoms with Crippen molar-refractivity contribution in [1.29, 1.82) is 0 Å². The van der Waals surface area contributed by atoms with Gasteiger partial charge in [-0.25, -0.2) is 0 Å². The predicted octanol–water partition coefficient (Wildman–Crippen LogP) is -0.560. The highest BCUT2D eigenvalue weighted by atomic mass is 32.3. The minimum Gasteiger partial charge on any atom is -0.158 e. The third kappa shape index (κ3) is 1.90. The molecule has 0 heterocycles. The van der Waals surface area contributed by atoms with E-state index in [-0.39, 0.29) is 0 Å². The maximum Gasteiger partial charge on any atom is 0.651 e. The van der Waals surface area contributed by atoms with Crippen molar-refractivity contribution in [2.24, 2.45) is 0 Å². The third-order valence-corrected chi connectivity index (χ3v) is 1.32. The van der Waals surface area contributed by atoms with Crippen LogP contribution in [0.3, 0.4) is 0 Å². The van der Waals surface area contributed by atoms with Gasteiger partial charge >= 0.3 is 16.0 Å². The van der Waals surface area contributed by atoms with E-state index in [4.69, 9.17) is 0 Å². The van der Waals surface area contributed by atoms with Gasteiger partial charge in [-0.15, -0.1) is 13.2 Å². The van der Waals surface area contributed by atoms with Crippen LogP contribution in [-0.4, -0.2) is 5.51 Å². The highest BCUT2D eigenvalue weighted by Gasteiger charge is 2.66. The SMILES string of the molecule is [NH3+]O[S+]([O])(=O)C(F)(F)F. The van der Waals surface area contributed by atoms with Crippen LogP contribution in [0.25, 0.3) is 0 Å². The normalized spacial score (nSPS) is 19.2. The highest BCUT2D eigenvalue weighted by molar-refractivity contribution is 7.93. The summed E-state index contributed by atoms with van der Waals surface area (Å²) in [7, 11) is -5.45. The van der Waals surface area contributed by atoms with Crippen molar-refractivity contribution in [2.75, 3.05) is 0 Å². The Bertz CT molecular complexity index is 142. The molecule has 0 spiro atoms. The van der Waals surface area contributed by atoms with Gasteiger partial charge in [0, 0.05) is 0 Å². The fourth-order valence-corrected chi connectivity index (χ4v) is 0.200. The summed E-state index contributed by atoms with van der Waals surface area (Å²) in [5, 5.41) is 0. The molecule has 0 saturated carbocycles. The zero-order chi connectivity index (χ0) is 7.71. The molecule has 0 aromatic heterocycles. The summed E-state index contributed by atoms with van der Waals surface area (Å²) in [6.45, 7) is 0. The first-order valence-electron chi connectivity index (χ1n) is 1.56. The van der Waals surface area contributed by atoms with Crippen molar-refractivity contribution in [3.05, 3.63) is 0 Å². The summed E-state index contributed by atoms with van der Waals surface area (Å²) in [6.07, 6.45) is 0.